The first-order valence-corrected chi connectivity index (χ1v) is 7.75. The molecule has 3 nitrogen and oxygen atoms in total. The molecule has 1 aromatic heterocycles. The van der Waals surface area contributed by atoms with Gasteiger partial charge in [0.2, 0.25) is 0 Å². The van der Waals surface area contributed by atoms with Crippen molar-refractivity contribution in [3.63, 3.8) is 0 Å². The van der Waals surface area contributed by atoms with Crippen LogP contribution in [-0.4, -0.2) is 5.91 Å². The SMILES string of the molecule is N#Cc1ccc(NC(=O)c2cc(Br)c(Br)s2)c(Cl)c1. The summed E-state index contributed by atoms with van der Waals surface area (Å²) < 4.78 is 1.68. The van der Waals surface area contributed by atoms with Crippen molar-refractivity contribution in [3.8, 4) is 6.07 Å². The fraction of sp³-hybridized carbons (Fsp3) is 0. The highest BCUT2D eigenvalue weighted by atomic mass is 79.9. The fourth-order valence-electron chi connectivity index (χ4n) is 1.33. The van der Waals surface area contributed by atoms with Gasteiger partial charge in [0.1, 0.15) is 0 Å². The molecule has 0 atom stereocenters. The van der Waals surface area contributed by atoms with Crippen molar-refractivity contribution in [2.75, 3.05) is 5.32 Å². The van der Waals surface area contributed by atoms with E-state index >= 15 is 0 Å². The van der Waals surface area contributed by atoms with Gasteiger partial charge in [-0.15, -0.1) is 11.3 Å². The molecule has 1 amide bonds. The average Bonchev–Trinajstić information content (AvgIpc) is 2.72. The Kier molecular flexibility index (Phi) is 4.63. The Morgan fingerprint density at radius 3 is 2.63 bits per heavy atom. The molecule has 2 rings (SSSR count). The van der Waals surface area contributed by atoms with Gasteiger partial charge in [-0.25, -0.2) is 0 Å². The van der Waals surface area contributed by atoms with Crippen LogP contribution in [0.25, 0.3) is 0 Å². The summed E-state index contributed by atoms with van der Waals surface area (Å²) >= 11 is 14.0. The molecule has 0 saturated heterocycles. The van der Waals surface area contributed by atoms with E-state index in [4.69, 9.17) is 16.9 Å². The molecule has 0 aliphatic carbocycles. The number of nitrogens with zero attached hydrogens (tertiary/aromatic N) is 1. The van der Waals surface area contributed by atoms with Gasteiger partial charge in [-0.05, 0) is 56.1 Å². The summed E-state index contributed by atoms with van der Waals surface area (Å²) in [6.45, 7) is 0. The summed E-state index contributed by atoms with van der Waals surface area (Å²) in [4.78, 5) is 12.6. The number of carbonyl (C=O) groups is 1. The summed E-state index contributed by atoms with van der Waals surface area (Å²) in [6, 6.07) is 8.43. The molecule has 7 heteroatoms. The molecule has 0 spiro atoms. The number of thiophene rings is 1. The maximum Gasteiger partial charge on any atom is 0.265 e. The van der Waals surface area contributed by atoms with Gasteiger partial charge in [-0.2, -0.15) is 5.26 Å². The van der Waals surface area contributed by atoms with Gasteiger partial charge in [0.25, 0.3) is 5.91 Å². The number of anilines is 1. The molecule has 96 valence electrons. The van der Waals surface area contributed by atoms with E-state index in [1.54, 1.807) is 18.2 Å². The second-order valence-electron chi connectivity index (χ2n) is 3.49. The predicted molar refractivity (Wildman–Crippen MR) is 83.8 cm³/mol. The zero-order valence-electron chi connectivity index (χ0n) is 9.21. The lowest BCUT2D eigenvalue weighted by molar-refractivity contribution is 0.103. The van der Waals surface area contributed by atoms with E-state index < -0.39 is 0 Å². The van der Waals surface area contributed by atoms with Crippen LogP contribution in [-0.2, 0) is 0 Å². The van der Waals surface area contributed by atoms with Crippen molar-refractivity contribution >= 4 is 66.4 Å². The van der Waals surface area contributed by atoms with E-state index in [0.29, 0.717) is 21.2 Å². The highest BCUT2D eigenvalue weighted by Crippen LogP contribution is 2.33. The zero-order chi connectivity index (χ0) is 14.0. The molecule has 0 saturated carbocycles. The van der Waals surface area contributed by atoms with E-state index in [1.807, 2.05) is 6.07 Å². The van der Waals surface area contributed by atoms with Gasteiger partial charge in [0, 0.05) is 4.47 Å². The minimum absolute atomic E-state index is 0.247. The molecule has 0 bridgehead atoms. The van der Waals surface area contributed by atoms with E-state index in [1.165, 1.54) is 17.4 Å². The minimum atomic E-state index is -0.247. The number of rotatable bonds is 2. The van der Waals surface area contributed by atoms with E-state index in [0.717, 1.165) is 8.26 Å². The average molecular weight is 421 g/mol. The molecule has 0 fully saturated rings. The molecule has 1 heterocycles. The number of halogens is 3. The summed E-state index contributed by atoms with van der Waals surface area (Å²) in [7, 11) is 0. The van der Waals surface area contributed by atoms with Gasteiger partial charge in [0.05, 0.1) is 31.0 Å². The topological polar surface area (TPSA) is 52.9 Å². The maximum atomic E-state index is 12.0. The van der Waals surface area contributed by atoms with Gasteiger partial charge in [0.15, 0.2) is 0 Å². The lowest BCUT2D eigenvalue weighted by atomic mass is 10.2. The summed E-state index contributed by atoms with van der Waals surface area (Å²) in [5.41, 5.74) is 0.927. The van der Waals surface area contributed by atoms with E-state index in [9.17, 15) is 4.79 Å². The Hall–Kier alpha value is -0.870. The molecule has 0 aliphatic rings. The Labute approximate surface area is 135 Å². The van der Waals surface area contributed by atoms with Crippen LogP contribution in [0.5, 0.6) is 0 Å². The molecular weight excluding hydrogens is 415 g/mol. The first-order chi connectivity index (χ1) is 9.01. The third-order valence-electron chi connectivity index (χ3n) is 2.22. The Morgan fingerprint density at radius 1 is 1.37 bits per heavy atom. The molecule has 2 aromatic rings. The van der Waals surface area contributed by atoms with Crippen molar-refractivity contribution in [2.24, 2.45) is 0 Å². The van der Waals surface area contributed by atoms with E-state index in [2.05, 4.69) is 37.2 Å². The van der Waals surface area contributed by atoms with Crippen molar-refractivity contribution in [2.45, 2.75) is 0 Å². The lowest BCUT2D eigenvalue weighted by Gasteiger charge is -2.05. The second-order valence-corrected chi connectivity index (χ2v) is 7.12. The maximum absolute atomic E-state index is 12.0. The highest BCUT2D eigenvalue weighted by molar-refractivity contribution is 9.13. The smallest absolute Gasteiger partial charge is 0.265 e. The second kappa shape index (κ2) is 6.06. The highest BCUT2D eigenvalue weighted by Gasteiger charge is 2.13. The predicted octanol–water partition coefficient (Wildman–Crippen LogP) is 5.05. The van der Waals surface area contributed by atoms with Crippen molar-refractivity contribution < 1.29 is 4.79 Å². The summed E-state index contributed by atoms with van der Waals surface area (Å²) in [5, 5.41) is 11.8. The van der Waals surface area contributed by atoms with Crippen LogP contribution in [0, 0.1) is 11.3 Å². The van der Waals surface area contributed by atoms with Crippen LogP contribution in [0.2, 0.25) is 5.02 Å². The number of nitriles is 1. The van der Waals surface area contributed by atoms with Crippen LogP contribution in [0.1, 0.15) is 15.2 Å². The lowest BCUT2D eigenvalue weighted by Crippen LogP contribution is -2.10. The standard InChI is InChI=1S/C12H5Br2ClN2OS/c13-7-4-10(19-11(7)14)12(18)17-9-2-1-6(5-16)3-8(9)15/h1-4H,(H,17,18). The number of benzene rings is 1. The normalized spacial score (nSPS) is 10.0. The molecule has 1 aromatic carbocycles. The number of amides is 1. The van der Waals surface area contributed by atoms with Crippen LogP contribution in [0.4, 0.5) is 5.69 Å². The van der Waals surface area contributed by atoms with Crippen LogP contribution in [0.15, 0.2) is 32.5 Å². The van der Waals surface area contributed by atoms with Crippen LogP contribution < -0.4 is 5.32 Å². The third-order valence-corrected chi connectivity index (χ3v) is 5.78. The Bertz CT molecular complexity index is 674. The zero-order valence-corrected chi connectivity index (χ0v) is 14.0. The Morgan fingerprint density at radius 2 is 2.11 bits per heavy atom. The minimum Gasteiger partial charge on any atom is -0.320 e. The van der Waals surface area contributed by atoms with Gasteiger partial charge >= 0.3 is 0 Å². The quantitative estimate of drug-likeness (QED) is 0.739. The largest absolute Gasteiger partial charge is 0.320 e. The van der Waals surface area contributed by atoms with Crippen molar-refractivity contribution in [1.29, 1.82) is 5.26 Å². The molecule has 0 unspecified atom stereocenters. The van der Waals surface area contributed by atoms with Gasteiger partial charge < -0.3 is 5.32 Å². The first-order valence-electron chi connectivity index (χ1n) is 4.97. The molecular formula is C12H5Br2ClN2OS. The van der Waals surface area contributed by atoms with E-state index in [-0.39, 0.29) is 5.91 Å². The first kappa shape index (κ1) is 14.5. The van der Waals surface area contributed by atoms with Gasteiger partial charge in [-0.3, -0.25) is 4.79 Å². The van der Waals surface area contributed by atoms with Gasteiger partial charge in [-0.1, -0.05) is 11.6 Å². The van der Waals surface area contributed by atoms with Crippen molar-refractivity contribution in [3.05, 3.63) is 48.0 Å². The molecule has 19 heavy (non-hydrogen) atoms. The number of hydrogen-bond acceptors (Lipinski definition) is 3. The number of hydrogen-bond donors (Lipinski definition) is 1. The summed E-state index contributed by atoms with van der Waals surface area (Å²) in [5.74, 6) is -0.247. The summed E-state index contributed by atoms with van der Waals surface area (Å²) in [6.07, 6.45) is 0. The van der Waals surface area contributed by atoms with Crippen LogP contribution in [0.3, 0.4) is 0 Å². The molecule has 0 radical (unpaired) electrons. The Balaban J connectivity index is 2.22. The van der Waals surface area contributed by atoms with Crippen molar-refractivity contribution in [1.82, 2.24) is 0 Å². The van der Waals surface area contributed by atoms with Crippen LogP contribution >= 0.6 is 54.8 Å². The fourth-order valence-corrected chi connectivity index (χ4v) is 3.49. The molecule has 0 aliphatic heterocycles. The number of nitrogens with one attached hydrogen (secondary N) is 1. The number of carbonyl (C=O) groups excluding carboxylic acids is 1. The third kappa shape index (κ3) is 3.37. The molecule has 1 N–H and O–H groups in total. The monoisotopic (exact) mass is 418 g/mol.